The molecule has 0 bridgehead atoms. The van der Waals surface area contributed by atoms with Crippen molar-refractivity contribution in [3.05, 3.63) is 0 Å². The molecule has 1 atom stereocenters. The van der Waals surface area contributed by atoms with Gasteiger partial charge in [0.15, 0.2) is 0 Å². The topological polar surface area (TPSA) is 72.6 Å². The highest BCUT2D eigenvalue weighted by atomic mass is 16.5. The fourth-order valence-electron chi connectivity index (χ4n) is 2.08. The molecule has 98 valence electrons. The number of carbonyl (C=O) groups is 2. The molecule has 17 heavy (non-hydrogen) atoms. The van der Waals surface area contributed by atoms with Crippen LogP contribution in [-0.4, -0.2) is 42.5 Å². The molecule has 0 aromatic rings. The number of nitrogens with two attached hydrogens (primary N) is 1. The maximum Gasteiger partial charge on any atom is 0.254 e. The fraction of sp³-hybridized carbons (Fsp3) is 0.833. The van der Waals surface area contributed by atoms with Gasteiger partial charge >= 0.3 is 0 Å². The average molecular weight is 242 g/mol. The zero-order valence-corrected chi connectivity index (χ0v) is 10.9. The highest BCUT2D eigenvalue weighted by Crippen LogP contribution is 2.23. The summed E-state index contributed by atoms with van der Waals surface area (Å²) < 4.78 is 5.29. The second kappa shape index (κ2) is 5.49. The van der Waals surface area contributed by atoms with Crippen LogP contribution in [0.3, 0.4) is 0 Å². The third kappa shape index (κ3) is 2.97. The Morgan fingerprint density at radius 3 is 2.29 bits per heavy atom. The largest absolute Gasteiger partial charge is 0.369 e. The van der Waals surface area contributed by atoms with Gasteiger partial charge in [-0.3, -0.25) is 9.59 Å². The summed E-state index contributed by atoms with van der Waals surface area (Å²) in [5.41, 5.74) is 4.51. The quantitative estimate of drug-likeness (QED) is 0.781. The zero-order valence-electron chi connectivity index (χ0n) is 10.9. The van der Waals surface area contributed by atoms with Crippen LogP contribution in [0.25, 0.3) is 0 Å². The Balaban J connectivity index is 2.60. The van der Waals surface area contributed by atoms with Crippen LogP contribution in [-0.2, 0) is 14.3 Å². The Morgan fingerprint density at radius 1 is 1.41 bits per heavy atom. The van der Waals surface area contributed by atoms with Gasteiger partial charge in [0.05, 0.1) is 0 Å². The van der Waals surface area contributed by atoms with Crippen LogP contribution < -0.4 is 5.73 Å². The number of likely N-dealkylation sites (tertiary alicyclic amines) is 1. The minimum Gasteiger partial charge on any atom is -0.369 e. The van der Waals surface area contributed by atoms with Crippen molar-refractivity contribution < 1.29 is 14.3 Å². The average Bonchev–Trinajstić information content (AvgIpc) is 2.37. The second-order valence-electron chi connectivity index (χ2n) is 4.76. The van der Waals surface area contributed by atoms with Gasteiger partial charge in [0.25, 0.3) is 5.91 Å². The van der Waals surface area contributed by atoms with E-state index in [2.05, 4.69) is 0 Å². The Morgan fingerprint density at radius 2 is 1.94 bits per heavy atom. The van der Waals surface area contributed by atoms with E-state index >= 15 is 0 Å². The van der Waals surface area contributed by atoms with Crippen LogP contribution >= 0.6 is 0 Å². The van der Waals surface area contributed by atoms with E-state index in [1.54, 1.807) is 18.9 Å². The highest BCUT2D eigenvalue weighted by Gasteiger charge is 2.37. The Kier molecular flexibility index (Phi) is 4.51. The number of carbonyl (C=O) groups excluding carboxylic acids is 2. The number of hydrogen-bond acceptors (Lipinski definition) is 3. The molecule has 1 unspecified atom stereocenters. The first-order valence-electron chi connectivity index (χ1n) is 6.08. The SMILES string of the molecule is CCC(C)(OC)C(=O)N1CCC(C(N)=O)CC1. The lowest BCUT2D eigenvalue weighted by Crippen LogP contribution is -2.51. The van der Waals surface area contributed by atoms with Crippen LogP contribution in [0.1, 0.15) is 33.1 Å². The van der Waals surface area contributed by atoms with E-state index in [0.717, 1.165) is 0 Å². The van der Waals surface area contributed by atoms with Gasteiger partial charge in [0.1, 0.15) is 5.60 Å². The molecule has 5 heteroatoms. The van der Waals surface area contributed by atoms with Gasteiger partial charge in [-0.1, -0.05) is 6.92 Å². The zero-order chi connectivity index (χ0) is 13.1. The van der Waals surface area contributed by atoms with Crippen LogP contribution in [0, 0.1) is 5.92 Å². The fourth-order valence-corrected chi connectivity index (χ4v) is 2.08. The second-order valence-corrected chi connectivity index (χ2v) is 4.76. The van der Waals surface area contributed by atoms with Crippen molar-refractivity contribution >= 4 is 11.8 Å². The minimum atomic E-state index is -0.750. The molecule has 1 heterocycles. The summed E-state index contributed by atoms with van der Waals surface area (Å²) in [5.74, 6) is -0.345. The molecule has 1 fully saturated rings. The van der Waals surface area contributed by atoms with Crippen molar-refractivity contribution in [3.8, 4) is 0 Å². The molecule has 1 aliphatic heterocycles. The number of rotatable bonds is 4. The number of primary amides is 1. The molecule has 5 nitrogen and oxygen atoms in total. The van der Waals surface area contributed by atoms with Crippen molar-refractivity contribution in [1.82, 2.24) is 4.90 Å². The lowest BCUT2D eigenvalue weighted by atomic mass is 9.94. The van der Waals surface area contributed by atoms with Gasteiger partial charge in [-0.25, -0.2) is 0 Å². The van der Waals surface area contributed by atoms with E-state index in [9.17, 15) is 9.59 Å². The molecule has 0 aromatic carbocycles. The minimum absolute atomic E-state index is 0.00502. The van der Waals surface area contributed by atoms with E-state index in [-0.39, 0.29) is 17.7 Å². The van der Waals surface area contributed by atoms with Crippen molar-refractivity contribution in [3.63, 3.8) is 0 Å². The predicted octanol–water partition coefficient (Wildman–Crippen LogP) is 0.525. The molecule has 2 N–H and O–H groups in total. The summed E-state index contributed by atoms with van der Waals surface area (Å²) in [6.45, 7) is 4.91. The third-order valence-corrected chi connectivity index (χ3v) is 3.76. The molecule has 0 aromatic heterocycles. The number of methoxy groups -OCH3 is 1. The van der Waals surface area contributed by atoms with E-state index in [4.69, 9.17) is 10.5 Å². The third-order valence-electron chi connectivity index (χ3n) is 3.76. The lowest BCUT2D eigenvalue weighted by Gasteiger charge is -2.36. The monoisotopic (exact) mass is 242 g/mol. The number of nitrogens with zero attached hydrogens (tertiary/aromatic N) is 1. The molecule has 0 spiro atoms. The molecule has 0 saturated carbocycles. The smallest absolute Gasteiger partial charge is 0.254 e. The summed E-state index contributed by atoms with van der Waals surface area (Å²) in [4.78, 5) is 25.0. The van der Waals surface area contributed by atoms with Crippen LogP contribution in [0.4, 0.5) is 0 Å². The van der Waals surface area contributed by atoms with E-state index in [1.165, 1.54) is 0 Å². The standard InChI is InChI=1S/C12H22N2O3/c1-4-12(2,17-3)11(16)14-7-5-9(6-8-14)10(13)15/h9H,4-8H2,1-3H3,(H2,13,15). The highest BCUT2D eigenvalue weighted by molar-refractivity contribution is 5.85. The van der Waals surface area contributed by atoms with Crippen molar-refractivity contribution in [2.45, 2.75) is 38.7 Å². The van der Waals surface area contributed by atoms with Crippen LogP contribution in [0.5, 0.6) is 0 Å². The molecule has 0 aliphatic carbocycles. The van der Waals surface area contributed by atoms with E-state index in [0.29, 0.717) is 32.4 Å². The molecular weight excluding hydrogens is 220 g/mol. The predicted molar refractivity (Wildman–Crippen MR) is 64.2 cm³/mol. The van der Waals surface area contributed by atoms with Gasteiger partial charge in [-0.05, 0) is 26.2 Å². The number of hydrogen-bond donors (Lipinski definition) is 1. The summed E-state index contributed by atoms with van der Waals surface area (Å²) in [5, 5.41) is 0. The first-order chi connectivity index (χ1) is 7.94. The van der Waals surface area contributed by atoms with Gasteiger partial charge in [-0.2, -0.15) is 0 Å². The molecule has 1 saturated heterocycles. The van der Waals surface area contributed by atoms with Gasteiger partial charge in [0, 0.05) is 26.1 Å². The Labute approximate surface area is 102 Å². The Hall–Kier alpha value is -1.10. The maximum absolute atomic E-state index is 12.2. The van der Waals surface area contributed by atoms with Crippen molar-refractivity contribution in [1.29, 1.82) is 0 Å². The first-order valence-corrected chi connectivity index (χ1v) is 6.08. The molecular formula is C12H22N2O3. The summed E-state index contributed by atoms with van der Waals surface area (Å²) in [7, 11) is 1.55. The van der Waals surface area contributed by atoms with Crippen molar-refractivity contribution in [2.75, 3.05) is 20.2 Å². The molecule has 2 amide bonds. The molecule has 1 rings (SSSR count). The van der Waals surface area contributed by atoms with Crippen LogP contribution in [0.15, 0.2) is 0 Å². The normalized spacial score (nSPS) is 21.0. The van der Waals surface area contributed by atoms with E-state index in [1.807, 2.05) is 6.92 Å². The summed E-state index contributed by atoms with van der Waals surface area (Å²) in [6, 6.07) is 0. The summed E-state index contributed by atoms with van der Waals surface area (Å²) in [6.07, 6.45) is 1.95. The molecule has 1 aliphatic rings. The molecule has 0 radical (unpaired) electrons. The number of ether oxygens (including phenoxy) is 1. The Bertz CT molecular complexity index is 292. The first kappa shape index (κ1) is 14.0. The lowest BCUT2D eigenvalue weighted by molar-refractivity contribution is -0.155. The van der Waals surface area contributed by atoms with Gasteiger partial charge in [-0.15, -0.1) is 0 Å². The number of amides is 2. The van der Waals surface area contributed by atoms with Crippen molar-refractivity contribution in [2.24, 2.45) is 11.7 Å². The summed E-state index contributed by atoms with van der Waals surface area (Å²) >= 11 is 0. The van der Waals surface area contributed by atoms with Gasteiger partial charge in [0.2, 0.25) is 5.91 Å². The maximum atomic E-state index is 12.2. The van der Waals surface area contributed by atoms with Gasteiger partial charge < -0.3 is 15.4 Å². The number of piperidine rings is 1. The van der Waals surface area contributed by atoms with E-state index < -0.39 is 5.60 Å². The van der Waals surface area contributed by atoms with Crippen LogP contribution in [0.2, 0.25) is 0 Å².